The summed E-state index contributed by atoms with van der Waals surface area (Å²) in [7, 11) is 1.59. The van der Waals surface area contributed by atoms with Gasteiger partial charge in [0.2, 0.25) is 0 Å². The first-order valence-electron chi connectivity index (χ1n) is 7.29. The Labute approximate surface area is 161 Å². The number of aromatic nitrogens is 1. The number of fused-ring (bicyclic) bond motifs is 1. The van der Waals surface area contributed by atoms with Gasteiger partial charge in [0.05, 0.1) is 29.3 Å². The van der Waals surface area contributed by atoms with E-state index < -0.39 is 0 Å². The number of benzene rings is 2. The van der Waals surface area contributed by atoms with Gasteiger partial charge in [0, 0.05) is 10.0 Å². The Bertz CT molecular complexity index is 894. The molecule has 0 aliphatic heterocycles. The van der Waals surface area contributed by atoms with Crippen LogP contribution in [0.25, 0.3) is 10.2 Å². The van der Waals surface area contributed by atoms with Crippen LogP contribution in [0.5, 0.6) is 5.75 Å². The summed E-state index contributed by atoms with van der Waals surface area (Å²) in [4.78, 5) is 16.4. The van der Waals surface area contributed by atoms with Gasteiger partial charge in [-0.15, -0.1) is 11.3 Å². The molecule has 0 saturated carbocycles. The highest BCUT2D eigenvalue weighted by Gasteiger charge is 2.07. The number of thiazole rings is 1. The zero-order valence-electron chi connectivity index (χ0n) is 13.2. The second-order valence-electron chi connectivity index (χ2n) is 4.92. The zero-order chi connectivity index (χ0) is 17.6. The minimum atomic E-state index is -0.186. The van der Waals surface area contributed by atoms with Gasteiger partial charge >= 0.3 is 0 Å². The molecule has 3 aromatic rings. The second kappa shape index (κ2) is 8.46. The van der Waals surface area contributed by atoms with Gasteiger partial charge < -0.3 is 4.74 Å². The topological polar surface area (TPSA) is 63.6 Å². The van der Waals surface area contributed by atoms with Crippen LogP contribution in [0.15, 0.2) is 56.4 Å². The summed E-state index contributed by atoms with van der Waals surface area (Å²) in [6.45, 7) is 0. The Morgan fingerprint density at radius 1 is 1.40 bits per heavy atom. The number of ether oxygens (including phenoxy) is 1. The van der Waals surface area contributed by atoms with Gasteiger partial charge in [-0.3, -0.25) is 4.79 Å². The Balaban J connectivity index is 1.55. The molecule has 0 unspecified atom stereocenters. The highest BCUT2D eigenvalue weighted by molar-refractivity contribution is 9.10. The minimum absolute atomic E-state index is 0.186. The summed E-state index contributed by atoms with van der Waals surface area (Å²) in [6.07, 6.45) is 1.56. The molecule has 0 aliphatic rings. The number of halogens is 1. The molecule has 0 spiro atoms. The van der Waals surface area contributed by atoms with Crippen LogP contribution in [0.4, 0.5) is 0 Å². The van der Waals surface area contributed by atoms with E-state index in [2.05, 4.69) is 31.4 Å². The van der Waals surface area contributed by atoms with Gasteiger partial charge in [-0.25, -0.2) is 10.4 Å². The number of rotatable bonds is 6. The first-order chi connectivity index (χ1) is 12.2. The maximum Gasteiger partial charge on any atom is 0.250 e. The maximum atomic E-state index is 11.9. The fraction of sp³-hybridized carbons (Fsp3) is 0.118. The summed E-state index contributed by atoms with van der Waals surface area (Å²) in [6, 6.07) is 13.5. The van der Waals surface area contributed by atoms with Crippen LogP contribution >= 0.6 is 39.0 Å². The van der Waals surface area contributed by atoms with Crippen LogP contribution in [-0.2, 0) is 4.79 Å². The molecule has 128 valence electrons. The van der Waals surface area contributed by atoms with Gasteiger partial charge in [-0.1, -0.05) is 39.8 Å². The lowest BCUT2D eigenvalue weighted by atomic mass is 10.2. The molecule has 0 fully saturated rings. The van der Waals surface area contributed by atoms with E-state index in [4.69, 9.17) is 4.74 Å². The number of thioether (sulfide) groups is 1. The van der Waals surface area contributed by atoms with Gasteiger partial charge in [0.15, 0.2) is 4.34 Å². The van der Waals surface area contributed by atoms with Crippen LogP contribution in [0, 0.1) is 0 Å². The predicted molar refractivity (Wildman–Crippen MR) is 107 cm³/mol. The van der Waals surface area contributed by atoms with Crippen molar-refractivity contribution in [1.29, 1.82) is 0 Å². The Hall–Kier alpha value is -1.90. The molecule has 1 aromatic heterocycles. The van der Waals surface area contributed by atoms with E-state index in [9.17, 15) is 4.79 Å². The van der Waals surface area contributed by atoms with Crippen LogP contribution in [0.3, 0.4) is 0 Å². The number of amides is 1. The van der Waals surface area contributed by atoms with Crippen molar-refractivity contribution in [2.24, 2.45) is 5.10 Å². The third-order valence-corrected chi connectivity index (χ3v) is 5.86. The summed E-state index contributed by atoms with van der Waals surface area (Å²) < 4.78 is 8.15. The van der Waals surface area contributed by atoms with Crippen LogP contribution in [-0.4, -0.2) is 30.0 Å². The molecule has 2 aromatic carbocycles. The molecule has 1 heterocycles. The number of carbonyl (C=O) groups is 1. The van der Waals surface area contributed by atoms with E-state index >= 15 is 0 Å². The van der Waals surface area contributed by atoms with Crippen LogP contribution in [0.2, 0.25) is 0 Å². The summed E-state index contributed by atoms with van der Waals surface area (Å²) in [5.74, 6) is 0.756. The molecule has 0 atom stereocenters. The molecule has 0 aliphatic carbocycles. The number of hydrazone groups is 1. The monoisotopic (exact) mass is 435 g/mol. The van der Waals surface area contributed by atoms with E-state index in [0.29, 0.717) is 5.75 Å². The van der Waals surface area contributed by atoms with E-state index in [0.717, 1.165) is 24.6 Å². The molecule has 3 rings (SSSR count). The molecule has 1 N–H and O–H groups in total. The third-order valence-electron chi connectivity index (χ3n) is 3.19. The number of nitrogens with zero attached hydrogens (tertiary/aromatic N) is 2. The number of hydrogen-bond acceptors (Lipinski definition) is 6. The Kier molecular flexibility index (Phi) is 6.06. The standard InChI is InChI=1S/C17H14BrN3O2S2/c1-23-14-7-6-12(18)8-11(14)9-19-21-16(22)10-24-17-20-13-4-2-3-5-15(13)25-17/h2-9H,10H2,1H3,(H,21,22)/b19-9-. The predicted octanol–water partition coefficient (Wildman–Crippen LogP) is 4.31. The first kappa shape index (κ1) is 17.9. The molecule has 5 nitrogen and oxygen atoms in total. The van der Waals surface area contributed by atoms with Crippen molar-refractivity contribution in [3.8, 4) is 5.75 Å². The summed E-state index contributed by atoms with van der Waals surface area (Å²) in [5.41, 5.74) is 4.25. The molecule has 8 heteroatoms. The van der Waals surface area contributed by atoms with Crippen molar-refractivity contribution in [2.75, 3.05) is 12.9 Å². The first-order valence-corrected chi connectivity index (χ1v) is 9.89. The van der Waals surface area contributed by atoms with Crippen molar-refractivity contribution < 1.29 is 9.53 Å². The quantitative estimate of drug-likeness (QED) is 0.355. The molecular formula is C17H14BrN3O2S2. The zero-order valence-corrected chi connectivity index (χ0v) is 16.5. The van der Waals surface area contributed by atoms with Gasteiger partial charge in [0.1, 0.15) is 5.75 Å². The van der Waals surface area contributed by atoms with Crippen molar-refractivity contribution in [3.05, 3.63) is 52.5 Å². The molecular weight excluding hydrogens is 422 g/mol. The van der Waals surface area contributed by atoms with Gasteiger partial charge in [-0.2, -0.15) is 5.10 Å². The highest BCUT2D eigenvalue weighted by atomic mass is 79.9. The van der Waals surface area contributed by atoms with Crippen molar-refractivity contribution in [2.45, 2.75) is 4.34 Å². The van der Waals surface area contributed by atoms with E-state index in [1.807, 2.05) is 42.5 Å². The number of hydrogen-bond donors (Lipinski definition) is 1. The van der Waals surface area contributed by atoms with E-state index in [1.54, 1.807) is 24.7 Å². The number of nitrogens with one attached hydrogen (secondary N) is 1. The van der Waals surface area contributed by atoms with Crippen LogP contribution in [0.1, 0.15) is 5.56 Å². The fourth-order valence-corrected chi connectivity index (χ4v) is 4.29. The molecule has 1 amide bonds. The van der Waals surface area contributed by atoms with Crippen molar-refractivity contribution in [3.63, 3.8) is 0 Å². The number of methoxy groups -OCH3 is 1. The van der Waals surface area contributed by atoms with Gasteiger partial charge in [-0.05, 0) is 30.3 Å². The number of carbonyl (C=O) groups excluding carboxylic acids is 1. The average molecular weight is 436 g/mol. The molecule has 0 radical (unpaired) electrons. The van der Waals surface area contributed by atoms with Crippen molar-refractivity contribution in [1.82, 2.24) is 10.4 Å². The lowest BCUT2D eigenvalue weighted by Gasteiger charge is -2.04. The minimum Gasteiger partial charge on any atom is -0.496 e. The molecule has 0 bridgehead atoms. The number of para-hydroxylation sites is 1. The largest absolute Gasteiger partial charge is 0.496 e. The lowest BCUT2D eigenvalue weighted by Crippen LogP contribution is -2.19. The van der Waals surface area contributed by atoms with Crippen molar-refractivity contribution >= 4 is 61.4 Å². The average Bonchev–Trinajstić information content (AvgIpc) is 3.03. The summed E-state index contributed by atoms with van der Waals surface area (Å²) in [5, 5.41) is 3.99. The summed E-state index contributed by atoms with van der Waals surface area (Å²) >= 11 is 6.38. The Morgan fingerprint density at radius 3 is 3.04 bits per heavy atom. The molecule has 0 saturated heterocycles. The molecule has 25 heavy (non-hydrogen) atoms. The maximum absolute atomic E-state index is 11.9. The van der Waals surface area contributed by atoms with E-state index in [1.165, 1.54) is 11.8 Å². The highest BCUT2D eigenvalue weighted by Crippen LogP contribution is 2.29. The van der Waals surface area contributed by atoms with Gasteiger partial charge in [0.25, 0.3) is 5.91 Å². The fourth-order valence-electron chi connectivity index (χ4n) is 2.05. The Morgan fingerprint density at radius 2 is 2.24 bits per heavy atom. The smallest absolute Gasteiger partial charge is 0.250 e. The van der Waals surface area contributed by atoms with E-state index in [-0.39, 0.29) is 11.7 Å². The normalized spacial score (nSPS) is 11.1. The third kappa shape index (κ3) is 4.81. The SMILES string of the molecule is COc1ccc(Br)cc1/C=N\NC(=O)CSc1nc2ccccc2s1. The van der Waals surface area contributed by atoms with Crippen LogP contribution < -0.4 is 10.2 Å². The second-order valence-corrected chi connectivity index (χ2v) is 8.08. The lowest BCUT2D eigenvalue weighted by molar-refractivity contribution is -0.118.